The van der Waals surface area contributed by atoms with Gasteiger partial charge < -0.3 is 10.6 Å². The predicted octanol–water partition coefficient (Wildman–Crippen LogP) is 2.93. The molecule has 8 heteroatoms. The summed E-state index contributed by atoms with van der Waals surface area (Å²) < 4.78 is 25.4. The van der Waals surface area contributed by atoms with Crippen LogP contribution in [0.1, 0.15) is 31.7 Å². The van der Waals surface area contributed by atoms with Crippen LogP contribution >= 0.6 is 0 Å². The average molecular weight is 401 g/mol. The van der Waals surface area contributed by atoms with E-state index >= 15 is 0 Å². The summed E-state index contributed by atoms with van der Waals surface area (Å²) in [6.07, 6.45) is 0.566. The number of sulfonamides is 1. The van der Waals surface area contributed by atoms with Crippen molar-refractivity contribution in [3.8, 4) is 0 Å². The fraction of sp³-hybridized carbons (Fsp3) is 0.300. The number of amides is 2. The highest BCUT2D eigenvalue weighted by Gasteiger charge is 2.28. The van der Waals surface area contributed by atoms with E-state index in [9.17, 15) is 18.0 Å². The molecular weight excluding hydrogens is 378 g/mol. The second-order valence-electron chi connectivity index (χ2n) is 6.98. The van der Waals surface area contributed by atoms with Gasteiger partial charge in [-0.25, -0.2) is 8.42 Å². The van der Waals surface area contributed by atoms with Gasteiger partial charge in [0.1, 0.15) is 0 Å². The standard InChI is InChI=1S/C20H23N3O4S/c1-14(2)15-7-9-16(10-8-15)21-19(24)20(25)22-17-5-3-6-18(13-17)23-11-4-12-28(23,26)27/h3,5-10,13-14H,4,11-12H2,1-2H3,(H,21,24)(H,22,25). The summed E-state index contributed by atoms with van der Waals surface area (Å²) in [5.74, 6) is -1.13. The highest BCUT2D eigenvalue weighted by Crippen LogP contribution is 2.26. The van der Waals surface area contributed by atoms with Crippen molar-refractivity contribution in [3.05, 3.63) is 54.1 Å². The fourth-order valence-electron chi connectivity index (χ4n) is 3.00. The van der Waals surface area contributed by atoms with E-state index in [1.807, 2.05) is 12.1 Å². The molecular formula is C20H23N3O4S. The van der Waals surface area contributed by atoms with E-state index in [2.05, 4.69) is 24.5 Å². The maximum absolute atomic E-state index is 12.2. The molecule has 1 saturated heterocycles. The minimum Gasteiger partial charge on any atom is -0.318 e. The lowest BCUT2D eigenvalue weighted by Crippen LogP contribution is -2.29. The normalized spacial score (nSPS) is 15.5. The Morgan fingerprint density at radius 2 is 1.61 bits per heavy atom. The molecule has 2 aromatic carbocycles. The molecule has 1 aliphatic heterocycles. The lowest BCUT2D eigenvalue weighted by atomic mass is 10.0. The van der Waals surface area contributed by atoms with Crippen LogP contribution in [0.15, 0.2) is 48.5 Å². The van der Waals surface area contributed by atoms with Crippen molar-refractivity contribution in [3.63, 3.8) is 0 Å². The van der Waals surface area contributed by atoms with Crippen LogP contribution in [0.5, 0.6) is 0 Å². The molecule has 2 aromatic rings. The first-order valence-electron chi connectivity index (χ1n) is 9.09. The van der Waals surface area contributed by atoms with Gasteiger partial charge in [-0.05, 0) is 48.2 Å². The van der Waals surface area contributed by atoms with E-state index in [0.717, 1.165) is 5.56 Å². The molecule has 3 rings (SSSR count). The number of rotatable bonds is 4. The number of anilines is 3. The Kier molecular flexibility index (Phi) is 5.69. The highest BCUT2D eigenvalue weighted by atomic mass is 32.2. The highest BCUT2D eigenvalue weighted by molar-refractivity contribution is 7.93. The first-order valence-corrected chi connectivity index (χ1v) is 10.7. The van der Waals surface area contributed by atoms with Gasteiger partial charge in [0.2, 0.25) is 10.0 Å². The second-order valence-corrected chi connectivity index (χ2v) is 8.99. The molecule has 0 aromatic heterocycles. The van der Waals surface area contributed by atoms with Crippen molar-refractivity contribution < 1.29 is 18.0 Å². The molecule has 2 N–H and O–H groups in total. The van der Waals surface area contributed by atoms with Gasteiger partial charge in [0.05, 0.1) is 11.4 Å². The van der Waals surface area contributed by atoms with E-state index in [4.69, 9.17) is 0 Å². The molecule has 0 unspecified atom stereocenters. The topological polar surface area (TPSA) is 95.6 Å². The number of benzene rings is 2. The summed E-state index contributed by atoms with van der Waals surface area (Å²) in [5.41, 5.74) is 2.49. The van der Waals surface area contributed by atoms with Crippen molar-refractivity contribution in [1.29, 1.82) is 0 Å². The molecule has 0 aliphatic carbocycles. The Morgan fingerprint density at radius 1 is 0.964 bits per heavy atom. The van der Waals surface area contributed by atoms with Gasteiger partial charge >= 0.3 is 11.8 Å². The minimum absolute atomic E-state index is 0.113. The van der Waals surface area contributed by atoms with Crippen molar-refractivity contribution in [2.45, 2.75) is 26.2 Å². The van der Waals surface area contributed by atoms with E-state index in [-0.39, 0.29) is 5.75 Å². The van der Waals surface area contributed by atoms with Crippen LogP contribution in [0.25, 0.3) is 0 Å². The van der Waals surface area contributed by atoms with Crippen molar-refractivity contribution in [2.75, 3.05) is 27.2 Å². The van der Waals surface area contributed by atoms with Gasteiger partial charge in [-0.3, -0.25) is 13.9 Å². The monoisotopic (exact) mass is 401 g/mol. The predicted molar refractivity (Wildman–Crippen MR) is 110 cm³/mol. The van der Waals surface area contributed by atoms with E-state index in [0.29, 0.717) is 35.9 Å². The Labute approximate surface area is 164 Å². The van der Waals surface area contributed by atoms with Crippen LogP contribution in [0.4, 0.5) is 17.1 Å². The SMILES string of the molecule is CC(C)c1ccc(NC(=O)C(=O)Nc2cccc(N3CCCS3(=O)=O)c2)cc1. The van der Waals surface area contributed by atoms with E-state index < -0.39 is 21.8 Å². The number of carbonyl (C=O) groups is 2. The molecule has 148 valence electrons. The molecule has 0 bridgehead atoms. The molecule has 0 atom stereocenters. The summed E-state index contributed by atoms with van der Waals surface area (Å²) in [6.45, 7) is 4.55. The molecule has 1 aliphatic rings. The molecule has 7 nitrogen and oxygen atoms in total. The zero-order valence-corrected chi connectivity index (χ0v) is 16.6. The number of nitrogens with zero attached hydrogens (tertiary/aromatic N) is 1. The quantitative estimate of drug-likeness (QED) is 0.770. The molecule has 0 saturated carbocycles. The molecule has 1 heterocycles. The molecule has 28 heavy (non-hydrogen) atoms. The maximum atomic E-state index is 12.2. The van der Waals surface area contributed by atoms with Gasteiger partial charge in [-0.1, -0.05) is 32.0 Å². The number of carbonyl (C=O) groups excluding carboxylic acids is 2. The van der Waals surface area contributed by atoms with Gasteiger partial charge in [-0.2, -0.15) is 0 Å². The Morgan fingerprint density at radius 3 is 2.18 bits per heavy atom. The summed E-state index contributed by atoms with van der Waals surface area (Å²) in [6, 6.07) is 13.8. The third kappa shape index (κ3) is 4.51. The summed E-state index contributed by atoms with van der Waals surface area (Å²) in [7, 11) is -3.31. The molecule has 0 spiro atoms. The summed E-state index contributed by atoms with van der Waals surface area (Å²) >= 11 is 0. The van der Waals surface area contributed by atoms with Crippen molar-refractivity contribution in [2.24, 2.45) is 0 Å². The summed E-state index contributed by atoms with van der Waals surface area (Å²) in [5, 5.41) is 5.06. The van der Waals surface area contributed by atoms with Crippen molar-refractivity contribution >= 4 is 38.9 Å². The third-order valence-electron chi connectivity index (χ3n) is 4.53. The molecule has 2 amide bonds. The molecule has 1 fully saturated rings. The van der Waals surface area contributed by atoms with Crippen LogP contribution in [0.3, 0.4) is 0 Å². The number of hydrogen-bond donors (Lipinski definition) is 2. The lowest BCUT2D eigenvalue weighted by Gasteiger charge is -2.17. The van der Waals surface area contributed by atoms with Crippen LogP contribution in [0, 0.1) is 0 Å². The zero-order valence-electron chi connectivity index (χ0n) is 15.8. The molecule has 0 radical (unpaired) electrons. The van der Waals surface area contributed by atoms with Gasteiger partial charge in [0.25, 0.3) is 0 Å². The third-order valence-corrected chi connectivity index (χ3v) is 6.40. The van der Waals surface area contributed by atoms with Gasteiger partial charge in [0.15, 0.2) is 0 Å². The van der Waals surface area contributed by atoms with Gasteiger partial charge in [0, 0.05) is 17.9 Å². The number of hydrogen-bond acceptors (Lipinski definition) is 4. The lowest BCUT2D eigenvalue weighted by molar-refractivity contribution is -0.132. The van der Waals surface area contributed by atoms with Gasteiger partial charge in [-0.15, -0.1) is 0 Å². The van der Waals surface area contributed by atoms with Crippen LogP contribution in [0.2, 0.25) is 0 Å². The van der Waals surface area contributed by atoms with Crippen LogP contribution in [-0.4, -0.2) is 32.5 Å². The minimum atomic E-state index is -3.31. The maximum Gasteiger partial charge on any atom is 0.314 e. The zero-order chi connectivity index (χ0) is 20.3. The Balaban J connectivity index is 1.65. The fourth-order valence-corrected chi connectivity index (χ4v) is 4.55. The van der Waals surface area contributed by atoms with Crippen LogP contribution in [-0.2, 0) is 19.6 Å². The first kappa shape index (κ1) is 19.9. The second kappa shape index (κ2) is 8.02. The number of nitrogens with one attached hydrogen (secondary N) is 2. The first-order chi connectivity index (χ1) is 13.3. The van der Waals surface area contributed by atoms with Crippen molar-refractivity contribution in [1.82, 2.24) is 0 Å². The van der Waals surface area contributed by atoms with Crippen LogP contribution < -0.4 is 14.9 Å². The smallest absolute Gasteiger partial charge is 0.314 e. The van der Waals surface area contributed by atoms with E-state index in [1.54, 1.807) is 36.4 Å². The summed E-state index contributed by atoms with van der Waals surface area (Å²) in [4.78, 5) is 24.3. The van der Waals surface area contributed by atoms with E-state index in [1.165, 1.54) is 4.31 Å². The Hall–Kier alpha value is -2.87. The largest absolute Gasteiger partial charge is 0.318 e. The Bertz CT molecular complexity index is 985. The average Bonchev–Trinajstić information content (AvgIpc) is 3.01.